The topological polar surface area (TPSA) is 78.4 Å². The Morgan fingerprint density at radius 3 is 2.51 bits per heavy atom. The van der Waals surface area contributed by atoms with Crippen LogP contribution in [-0.2, 0) is 0 Å². The molecule has 2 fully saturated rings. The van der Waals surface area contributed by atoms with Gasteiger partial charge in [-0.3, -0.25) is 0 Å². The first-order valence-corrected chi connectivity index (χ1v) is 13.6. The summed E-state index contributed by atoms with van der Waals surface area (Å²) in [7, 11) is 0. The molecule has 6 heteroatoms. The number of rotatable bonds is 7. The number of pyridine rings is 1. The number of benzene rings is 3. The third kappa shape index (κ3) is 4.52. The van der Waals surface area contributed by atoms with E-state index in [0.717, 1.165) is 34.6 Å². The van der Waals surface area contributed by atoms with E-state index in [2.05, 4.69) is 63.4 Å². The van der Waals surface area contributed by atoms with E-state index in [1.807, 2.05) is 24.4 Å². The molecule has 2 N–H and O–H groups in total. The zero-order chi connectivity index (χ0) is 26.3. The van der Waals surface area contributed by atoms with Crippen LogP contribution in [-0.4, -0.2) is 27.6 Å². The van der Waals surface area contributed by atoms with Gasteiger partial charge < -0.3 is 19.7 Å². The minimum Gasteiger partial charge on any atom is -0.478 e. The van der Waals surface area contributed by atoms with Crippen LogP contribution in [0.5, 0.6) is 11.5 Å². The summed E-state index contributed by atoms with van der Waals surface area (Å²) in [6.45, 7) is 1.05. The molecule has 0 spiro atoms. The molecule has 1 saturated heterocycles. The van der Waals surface area contributed by atoms with Crippen molar-refractivity contribution in [1.82, 2.24) is 9.97 Å². The highest BCUT2D eigenvalue weighted by molar-refractivity contribution is 5.92. The van der Waals surface area contributed by atoms with Gasteiger partial charge in [-0.1, -0.05) is 42.5 Å². The van der Waals surface area contributed by atoms with Gasteiger partial charge in [0.2, 0.25) is 0 Å². The highest BCUT2D eigenvalue weighted by Gasteiger charge is 2.32. The second kappa shape index (κ2) is 9.62. The van der Waals surface area contributed by atoms with Gasteiger partial charge in [0, 0.05) is 23.8 Å². The Kier molecular flexibility index (Phi) is 5.81. The van der Waals surface area contributed by atoms with Crippen molar-refractivity contribution in [3.63, 3.8) is 0 Å². The number of carboxylic acids is 1. The van der Waals surface area contributed by atoms with E-state index in [-0.39, 0.29) is 11.3 Å². The third-order valence-corrected chi connectivity index (χ3v) is 7.97. The minimum absolute atomic E-state index is 0.110. The van der Waals surface area contributed by atoms with E-state index in [0.29, 0.717) is 11.8 Å². The molecule has 3 aromatic carbocycles. The molecular formula is C33H29N3O3. The Hall–Kier alpha value is -4.58. The molecule has 39 heavy (non-hydrogen) atoms. The maximum absolute atomic E-state index is 11.9. The zero-order valence-corrected chi connectivity index (χ0v) is 21.5. The maximum atomic E-state index is 11.9. The number of hydrogen-bond acceptors (Lipinski definition) is 4. The summed E-state index contributed by atoms with van der Waals surface area (Å²) in [5.41, 5.74) is 7.01. The summed E-state index contributed by atoms with van der Waals surface area (Å²) in [5, 5.41) is 10.7. The van der Waals surface area contributed by atoms with Gasteiger partial charge in [-0.2, -0.15) is 0 Å². The molecule has 2 aliphatic rings. The van der Waals surface area contributed by atoms with Crippen LogP contribution in [0.15, 0.2) is 91.3 Å². The van der Waals surface area contributed by atoms with Crippen LogP contribution in [0.25, 0.3) is 22.2 Å². The zero-order valence-electron chi connectivity index (χ0n) is 21.5. The highest BCUT2D eigenvalue weighted by Crippen LogP contribution is 2.46. The van der Waals surface area contributed by atoms with E-state index in [1.54, 1.807) is 18.3 Å². The van der Waals surface area contributed by atoms with Crippen LogP contribution in [0, 0.1) is 0 Å². The number of anilines is 1. The number of aromatic amines is 1. The van der Waals surface area contributed by atoms with Crippen molar-refractivity contribution in [3.05, 3.63) is 108 Å². The van der Waals surface area contributed by atoms with Crippen molar-refractivity contribution in [2.75, 3.05) is 11.4 Å². The Labute approximate surface area is 226 Å². The first-order chi connectivity index (χ1) is 19.1. The van der Waals surface area contributed by atoms with E-state index in [4.69, 9.17) is 4.74 Å². The lowest BCUT2D eigenvalue weighted by Gasteiger charge is -2.29. The van der Waals surface area contributed by atoms with Gasteiger partial charge in [-0.25, -0.2) is 9.78 Å². The lowest BCUT2D eigenvalue weighted by molar-refractivity contribution is 0.0694. The van der Waals surface area contributed by atoms with Gasteiger partial charge >= 0.3 is 5.97 Å². The van der Waals surface area contributed by atoms with Crippen LogP contribution in [0.2, 0.25) is 0 Å². The maximum Gasteiger partial charge on any atom is 0.339 e. The van der Waals surface area contributed by atoms with Crippen molar-refractivity contribution >= 4 is 22.7 Å². The Morgan fingerprint density at radius 2 is 1.72 bits per heavy atom. The van der Waals surface area contributed by atoms with E-state index >= 15 is 0 Å². The number of fused-ring (bicyclic) bond motifs is 1. The predicted octanol–water partition coefficient (Wildman–Crippen LogP) is 7.94. The van der Waals surface area contributed by atoms with Crippen molar-refractivity contribution in [3.8, 4) is 22.6 Å². The molecule has 1 aliphatic carbocycles. The Morgan fingerprint density at radius 1 is 0.923 bits per heavy atom. The van der Waals surface area contributed by atoms with Crippen molar-refractivity contribution < 1.29 is 14.6 Å². The molecule has 2 aromatic heterocycles. The number of carboxylic acid groups (broad SMARTS) is 1. The molecule has 7 rings (SSSR count). The highest BCUT2D eigenvalue weighted by atomic mass is 16.5. The lowest BCUT2D eigenvalue weighted by atomic mass is 9.95. The molecule has 1 atom stereocenters. The molecule has 0 radical (unpaired) electrons. The third-order valence-electron chi connectivity index (χ3n) is 7.97. The fourth-order valence-electron chi connectivity index (χ4n) is 5.89. The van der Waals surface area contributed by atoms with Crippen molar-refractivity contribution in [1.29, 1.82) is 0 Å². The summed E-state index contributed by atoms with van der Waals surface area (Å²) < 4.78 is 6.05. The lowest BCUT2D eigenvalue weighted by Crippen LogP contribution is -2.23. The smallest absolute Gasteiger partial charge is 0.339 e. The fourth-order valence-corrected chi connectivity index (χ4v) is 5.89. The van der Waals surface area contributed by atoms with Gasteiger partial charge in [-0.05, 0) is 90.3 Å². The Bertz CT molecular complexity index is 1670. The van der Waals surface area contributed by atoms with Crippen molar-refractivity contribution in [2.24, 2.45) is 0 Å². The van der Waals surface area contributed by atoms with Crippen LogP contribution in [0.4, 0.5) is 5.69 Å². The minimum atomic E-state index is -1.03. The molecule has 6 nitrogen and oxygen atoms in total. The SMILES string of the molecule is O=C(O)c1ccc(-c2ccc(N3CCCC3c3ccccc3C3CC3)cc2)cc1Oc1cnc2[nH]ccc2c1. The normalized spacial score (nSPS) is 17.0. The number of nitrogens with one attached hydrogen (secondary N) is 1. The summed E-state index contributed by atoms with van der Waals surface area (Å²) in [6, 6.07) is 27.0. The number of ether oxygens (including phenoxy) is 1. The number of aromatic carboxylic acids is 1. The molecule has 1 unspecified atom stereocenters. The number of nitrogens with zero attached hydrogens (tertiary/aromatic N) is 2. The second-order valence-corrected chi connectivity index (χ2v) is 10.5. The predicted molar refractivity (Wildman–Crippen MR) is 153 cm³/mol. The first kappa shape index (κ1) is 23.5. The monoisotopic (exact) mass is 515 g/mol. The number of carbonyl (C=O) groups is 1. The molecule has 3 heterocycles. The quantitative estimate of drug-likeness (QED) is 0.230. The van der Waals surface area contributed by atoms with Gasteiger partial charge in [0.15, 0.2) is 0 Å². The molecule has 5 aromatic rings. The summed E-state index contributed by atoms with van der Waals surface area (Å²) >= 11 is 0. The number of hydrogen-bond donors (Lipinski definition) is 2. The molecular weight excluding hydrogens is 486 g/mol. The number of H-pyrrole nitrogens is 1. The van der Waals surface area contributed by atoms with Crippen LogP contribution in [0.1, 0.15) is 59.1 Å². The number of aromatic nitrogens is 2. The van der Waals surface area contributed by atoms with Gasteiger partial charge in [0.05, 0.1) is 12.2 Å². The average Bonchev–Trinajstić information content (AvgIpc) is 3.50. The van der Waals surface area contributed by atoms with Crippen LogP contribution < -0.4 is 9.64 Å². The summed E-state index contributed by atoms with van der Waals surface area (Å²) in [5.74, 6) is 0.478. The van der Waals surface area contributed by atoms with Crippen LogP contribution in [0.3, 0.4) is 0 Å². The Balaban J connectivity index is 1.17. The summed E-state index contributed by atoms with van der Waals surface area (Å²) in [6.07, 6.45) is 8.38. The van der Waals surface area contributed by atoms with E-state index in [1.165, 1.54) is 42.5 Å². The summed E-state index contributed by atoms with van der Waals surface area (Å²) in [4.78, 5) is 21.9. The fraction of sp³-hybridized carbons (Fsp3) is 0.212. The molecule has 1 saturated carbocycles. The van der Waals surface area contributed by atoms with Gasteiger partial charge in [0.25, 0.3) is 0 Å². The second-order valence-electron chi connectivity index (χ2n) is 10.5. The molecule has 0 bridgehead atoms. The molecule has 1 aliphatic heterocycles. The van der Waals surface area contributed by atoms with Crippen molar-refractivity contribution in [2.45, 2.75) is 37.6 Å². The van der Waals surface area contributed by atoms with E-state index in [9.17, 15) is 9.90 Å². The van der Waals surface area contributed by atoms with Crippen LogP contribution >= 0.6 is 0 Å². The average molecular weight is 516 g/mol. The molecule has 0 amide bonds. The van der Waals surface area contributed by atoms with E-state index < -0.39 is 5.97 Å². The van der Waals surface area contributed by atoms with Gasteiger partial charge in [-0.15, -0.1) is 0 Å². The van der Waals surface area contributed by atoms with Gasteiger partial charge in [0.1, 0.15) is 22.7 Å². The molecule has 194 valence electrons. The largest absolute Gasteiger partial charge is 0.478 e. The standard InChI is InChI=1S/C33H29N3O3/c37-33(38)29-14-11-23(19-31(29)39-26-18-24-15-16-34-32(24)35-20-26)21-9-12-25(13-10-21)36-17-3-6-30(36)28-5-2-1-4-27(28)22-7-8-22/h1-2,4-5,9-16,18-20,22,30H,3,6-8,17H2,(H,34,35)(H,37,38). The first-order valence-electron chi connectivity index (χ1n) is 13.6.